The first kappa shape index (κ1) is 33.3. The summed E-state index contributed by atoms with van der Waals surface area (Å²) in [4.78, 5) is 44.8. The van der Waals surface area contributed by atoms with Crippen LogP contribution >= 0.6 is 34.7 Å². The van der Waals surface area contributed by atoms with Gasteiger partial charge in [0.15, 0.2) is 5.13 Å². The van der Waals surface area contributed by atoms with Crippen molar-refractivity contribution in [1.29, 1.82) is 0 Å². The molecule has 0 aliphatic heterocycles. The third kappa shape index (κ3) is 9.01. The van der Waals surface area contributed by atoms with Gasteiger partial charge < -0.3 is 25.8 Å². The summed E-state index contributed by atoms with van der Waals surface area (Å²) in [5.74, 6) is -0.982. The number of aromatic nitrogens is 1. The fourth-order valence-electron chi connectivity index (χ4n) is 4.31. The summed E-state index contributed by atoms with van der Waals surface area (Å²) in [5, 5.41) is 20.8. The maximum atomic E-state index is 13.5. The van der Waals surface area contributed by atoms with Gasteiger partial charge in [0.25, 0.3) is 11.8 Å². The molecule has 9 nitrogen and oxygen atoms in total. The molecule has 1 unspecified atom stereocenters. The van der Waals surface area contributed by atoms with E-state index in [1.807, 2.05) is 23.6 Å². The summed E-state index contributed by atoms with van der Waals surface area (Å²) in [6.45, 7) is 1.78. The zero-order valence-electron chi connectivity index (χ0n) is 25.2. The number of aromatic hydroxyl groups is 1. The molecule has 0 radical (unpaired) electrons. The first-order chi connectivity index (χ1) is 22.7. The average Bonchev–Trinajstić information content (AvgIpc) is 3.54. The van der Waals surface area contributed by atoms with Crippen molar-refractivity contribution >= 4 is 69.3 Å². The fourth-order valence-corrected chi connectivity index (χ4v) is 6.09. The number of thioether (sulfide) groups is 1. The number of phenolic OH excluding ortho intramolecular Hbond substituents is 1. The third-order valence-electron chi connectivity index (χ3n) is 6.69. The zero-order chi connectivity index (χ0) is 33.3. The molecule has 5 rings (SSSR count). The molecule has 47 heavy (non-hydrogen) atoms. The van der Waals surface area contributed by atoms with Gasteiger partial charge in [0, 0.05) is 43.7 Å². The van der Waals surface area contributed by atoms with Gasteiger partial charge in [-0.15, -0.1) is 23.1 Å². The molecule has 0 spiro atoms. The summed E-state index contributed by atoms with van der Waals surface area (Å²) in [5.41, 5.74) is 2.88. The summed E-state index contributed by atoms with van der Waals surface area (Å²) in [6.07, 6.45) is 1.47. The van der Waals surface area contributed by atoms with E-state index in [9.17, 15) is 19.5 Å². The molecule has 238 valence electrons. The number of hydrogen-bond donors (Lipinski definition) is 4. The molecule has 0 saturated carbocycles. The lowest BCUT2D eigenvalue weighted by Crippen LogP contribution is -2.30. The van der Waals surface area contributed by atoms with E-state index in [1.54, 1.807) is 73.7 Å². The van der Waals surface area contributed by atoms with Gasteiger partial charge in [0.2, 0.25) is 5.91 Å². The Morgan fingerprint density at radius 2 is 1.72 bits per heavy atom. The number of rotatable bonds is 11. The van der Waals surface area contributed by atoms with E-state index < -0.39 is 17.1 Å². The molecule has 12 heteroatoms. The Bertz CT molecular complexity index is 1930. The van der Waals surface area contributed by atoms with Gasteiger partial charge in [0.05, 0.1) is 18.1 Å². The maximum absolute atomic E-state index is 13.5. The van der Waals surface area contributed by atoms with E-state index in [0.29, 0.717) is 32.7 Å². The Kier molecular flexibility index (Phi) is 10.9. The third-order valence-corrected chi connectivity index (χ3v) is 8.80. The minimum absolute atomic E-state index is 0.00936. The van der Waals surface area contributed by atoms with Crippen LogP contribution in [0.25, 0.3) is 17.3 Å². The summed E-state index contributed by atoms with van der Waals surface area (Å²) >= 11 is 8.63. The van der Waals surface area contributed by atoms with Crippen LogP contribution in [0, 0.1) is 0 Å². The Balaban J connectivity index is 1.28. The van der Waals surface area contributed by atoms with Crippen molar-refractivity contribution in [2.75, 3.05) is 17.7 Å². The number of halogens is 1. The molecule has 5 aromatic rings. The molecule has 0 bridgehead atoms. The number of amides is 3. The molecular formula is C35H29ClN4O5S2. The van der Waals surface area contributed by atoms with Crippen LogP contribution in [0.1, 0.15) is 22.8 Å². The second-order valence-electron chi connectivity index (χ2n) is 10.1. The second kappa shape index (κ2) is 15.5. The zero-order valence-corrected chi connectivity index (χ0v) is 27.6. The minimum Gasteiger partial charge on any atom is -0.508 e. The topological polar surface area (TPSA) is 130 Å². The summed E-state index contributed by atoms with van der Waals surface area (Å²) in [7, 11) is 1.44. The average molecular weight is 685 g/mol. The van der Waals surface area contributed by atoms with Gasteiger partial charge in [-0.3, -0.25) is 14.4 Å². The van der Waals surface area contributed by atoms with Crippen molar-refractivity contribution < 1.29 is 24.2 Å². The molecule has 0 fully saturated rings. The van der Waals surface area contributed by atoms with E-state index in [1.165, 1.54) is 48.4 Å². The molecule has 1 atom stereocenters. The van der Waals surface area contributed by atoms with E-state index in [0.717, 1.165) is 16.2 Å². The predicted molar refractivity (Wildman–Crippen MR) is 188 cm³/mol. The summed E-state index contributed by atoms with van der Waals surface area (Å²) < 4.78 is 5.36. The number of hydrogen-bond acceptors (Lipinski definition) is 8. The molecule has 1 heterocycles. The molecule has 4 aromatic carbocycles. The van der Waals surface area contributed by atoms with Crippen molar-refractivity contribution in [3.05, 3.63) is 124 Å². The minimum atomic E-state index is -0.586. The number of anilines is 2. The van der Waals surface area contributed by atoms with E-state index in [-0.39, 0.29) is 17.4 Å². The number of ether oxygens (including phenoxy) is 1. The van der Waals surface area contributed by atoms with Crippen LogP contribution in [0.2, 0.25) is 5.02 Å². The molecule has 0 saturated heterocycles. The second-order valence-corrected chi connectivity index (χ2v) is 12.8. The quantitative estimate of drug-likeness (QED) is 0.0829. The number of carbonyl (C=O) groups excluding carboxylic acids is 3. The Morgan fingerprint density at radius 1 is 0.957 bits per heavy atom. The number of carbonyl (C=O) groups is 3. The highest BCUT2D eigenvalue weighted by molar-refractivity contribution is 8.00. The van der Waals surface area contributed by atoms with E-state index in [2.05, 4.69) is 20.9 Å². The molecule has 0 aliphatic rings. The molecule has 3 amide bonds. The van der Waals surface area contributed by atoms with Crippen molar-refractivity contribution in [1.82, 2.24) is 10.3 Å². The first-order valence-corrected chi connectivity index (χ1v) is 16.4. The van der Waals surface area contributed by atoms with Crippen LogP contribution in [0.4, 0.5) is 10.8 Å². The van der Waals surface area contributed by atoms with Gasteiger partial charge >= 0.3 is 0 Å². The molecule has 1 aromatic heterocycles. The number of nitrogens with one attached hydrogen (secondary N) is 3. The van der Waals surface area contributed by atoms with Crippen LogP contribution in [0.15, 0.2) is 113 Å². The van der Waals surface area contributed by atoms with Gasteiger partial charge in [-0.25, -0.2) is 4.98 Å². The van der Waals surface area contributed by atoms with Gasteiger partial charge in [-0.2, -0.15) is 0 Å². The van der Waals surface area contributed by atoms with E-state index >= 15 is 0 Å². The SMILES string of the molecule is COc1cc(O)ccc1/C=C(/NC(=O)c1ccccc1)C(=O)Nc1cccc(SC(C)C(=O)Nc2nc(-c3ccc(Cl)cc3)cs2)c1. The lowest BCUT2D eigenvalue weighted by molar-refractivity contribution is -0.115. The Hall–Kier alpha value is -5.10. The first-order valence-electron chi connectivity index (χ1n) is 14.2. The van der Waals surface area contributed by atoms with Crippen LogP contribution in [-0.4, -0.2) is 40.2 Å². The number of nitrogens with zero attached hydrogens (tertiary/aromatic N) is 1. The number of thiazole rings is 1. The number of phenols is 1. The molecule has 0 aliphatic carbocycles. The van der Waals surface area contributed by atoms with Crippen LogP contribution < -0.4 is 20.7 Å². The van der Waals surface area contributed by atoms with Crippen LogP contribution in [0.3, 0.4) is 0 Å². The standard InChI is InChI=1S/C35H29ClN4O5S2/c1-21(32(42)40-35-39-30(20-46-35)22-11-14-25(36)15-12-22)47-28-10-6-9-26(18-28)37-34(44)29(38-33(43)23-7-4-3-5-8-23)17-24-13-16-27(41)19-31(24)45-2/h3-21,41H,1-2H3,(H,37,44)(H,38,43)(H,39,40,42)/b29-17+. The van der Waals surface area contributed by atoms with Crippen molar-refractivity contribution in [2.24, 2.45) is 0 Å². The van der Waals surface area contributed by atoms with Gasteiger partial charge in [-0.1, -0.05) is 48.0 Å². The van der Waals surface area contributed by atoms with E-state index in [4.69, 9.17) is 16.3 Å². The van der Waals surface area contributed by atoms with Gasteiger partial charge in [0.1, 0.15) is 17.2 Å². The highest BCUT2D eigenvalue weighted by Gasteiger charge is 2.19. The normalized spacial score (nSPS) is 11.8. The molecule has 4 N–H and O–H groups in total. The highest BCUT2D eigenvalue weighted by atomic mass is 35.5. The highest BCUT2D eigenvalue weighted by Crippen LogP contribution is 2.30. The van der Waals surface area contributed by atoms with Crippen LogP contribution in [-0.2, 0) is 9.59 Å². The van der Waals surface area contributed by atoms with Crippen molar-refractivity contribution in [3.8, 4) is 22.8 Å². The fraction of sp³-hybridized carbons (Fsp3) is 0.0857. The monoisotopic (exact) mass is 684 g/mol. The maximum Gasteiger partial charge on any atom is 0.272 e. The van der Waals surface area contributed by atoms with Crippen molar-refractivity contribution in [2.45, 2.75) is 17.1 Å². The number of benzene rings is 4. The summed E-state index contributed by atoms with van der Waals surface area (Å²) in [6, 6.07) is 27.3. The number of methoxy groups -OCH3 is 1. The Labute approximate surface area is 284 Å². The van der Waals surface area contributed by atoms with Crippen LogP contribution in [0.5, 0.6) is 11.5 Å². The lowest BCUT2D eigenvalue weighted by Gasteiger charge is -2.14. The van der Waals surface area contributed by atoms with Crippen molar-refractivity contribution in [3.63, 3.8) is 0 Å². The smallest absolute Gasteiger partial charge is 0.272 e. The van der Waals surface area contributed by atoms with Gasteiger partial charge in [-0.05, 0) is 67.6 Å². The Morgan fingerprint density at radius 3 is 2.47 bits per heavy atom. The molecular weight excluding hydrogens is 656 g/mol. The lowest BCUT2D eigenvalue weighted by atomic mass is 10.1. The largest absolute Gasteiger partial charge is 0.508 e. The predicted octanol–water partition coefficient (Wildman–Crippen LogP) is 7.71.